The van der Waals surface area contributed by atoms with Crippen LogP contribution in [0, 0.1) is 0 Å². The minimum atomic E-state index is 1.11. The van der Waals surface area contributed by atoms with Crippen LogP contribution in [0.15, 0.2) is 200 Å². The molecule has 1 aromatic heterocycles. The smallest absolute Gasteiger partial charge is 0.0462 e. The largest absolute Gasteiger partial charge is 0.311 e. The lowest BCUT2D eigenvalue weighted by Gasteiger charge is -2.26. The zero-order valence-corrected chi connectivity index (χ0v) is 29.2. The Morgan fingerprint density at radius 2 is 0.692 bits per heavy atom. The Labute approximate surface area is 307 Å². The molecule has 0 bridgehead atoms. The molecule has 0 aliphatic carbocycles. The fourth-order valence-corrected chi connectivity index (χ4v) is 8.61. The Balaban J connectivity index is 1.02. The average Bonchev–Trinajstić information content (AvgIpc) is 3.57. The molecule has 10 aromatic rings. The van der Waals surface area contributed by atoms with Crippen LogP contribution in [0.1, 0.15) is 0 Å². The lowest BCUT2D eigenvalue weighted by Crippen LogP contribution is -2.09. The topological polar surface area (TPSA) is 3.24 Å². The molecule has 0 aliphatic heterocycles. The third-order valence-corrected chi connectivity index (χ3v) is 11.4. The second-order valence-electron chi connectivity index (χ2n) is 13.4. The molecule has 10 rings (SSSR count). The number of thiophene rings is 1. The predicted octanol–water partition coefficient (Wildman–Crippen LogP) is 14.8. The van der Waals surface area contributed by atoms with E-state index in [4.69, 9.17) is 0 Å². The number of hydrogen-bond acceptors (Lipinski definition) is 2. The molecular weight excluding hydrogens is 647 g/mol. The molecule has 9 aromatic carbocycles. The van der Waals surface area contributed by atoms with E-state index in [0.717, 1.165) is 17.1 Å². The Kier molecular flexibility index (Phi) is 7.41. The molecule has 0 saturated carbocycles. The van der Waals surface area contributed by atoms with E-state index >= 15 is 0 Å². The quantitative estimate of drug-likeness (QED) is 0.169. The van der Waals surface area contributed by atoms with Gasteiger partial charge in [-0.15, -0.1) is 11.3 Å². The summed E-state index contributed by atoms with van der Waals surface area (Å²) in [6.45, 7) is 0. The molecule has 0 aliphatic rings. The van der Waals surface area contributed by atoms with Crippen molar-refractivity contribution < 1.29 is 0 Å². The van der Waals surface area contributed by atoms with Crippen LogP contribution in [0.5, 0.6) is 0 Å². The third kappa shape index (κ3) is 5.51. The molecule has 1 nitrogen and oxygen atoms in total. The summed E-state index contributed by atoms with van der Waals surface area (Å²) >= 11 is 1.87. The monoisotopic (exact) mass is 679 g/mol. The molecule has 0 fully saturated rings. The van der Waals surface area contributed by atoms with Crippen LogP contribution in [0.4, 0.5) is 17.1 Å². The van der Waals surface area contributed by atoms with Gasteiger partial charge in [-0.25, -0.2) is 0 Å². The highest BCUT2D eigenvalue weighted by molar-refractivity contribution is 7.25. The summed E-state index contributed by atoms with van der Waals surface area (Å²) in [6.07, 6.45) is 0. The Morgan fingerprint density at radius 3 is 1.31 bits per heavy atom. The summed E-state index contributed by atoms with van der Waals surface area (Å²) in [5.74, 6) is 0. The molecule has 244 valence electrons. The summed E-state index contributed by atoms with van der Waals surface area (Å²) in [6, 6.07) is 72.9. The van der Waals surface area contributed by atoms with Gasteiger partial charge in [0.2, 0.25) is 0 Å². The van der Waals surface area contributed by atoms with E-state index < -0.39 is 0 Å². The van der Waals surface area contributed by atoms with E-state index in [2.05, 4.69) is 205 Å². The average molecular weight is 680 g/mol. The van der Waals surface area contributed by atoms with Crippen LogP contribution in [0.2, 0.25) is 0 Å². The van der Waals surface area contributed by atoms with Crippen LogP contribution in [0.25, 0.3) is 75.1 Å². The molecule has 0 atom stereocenters. The predicted molar refractivity (Wildman–Crippen MR) is 225 cm³/mol. The van der Waals surface area contributed by atoms with Gasteiger partial charge in [0.25, 0.3) is 0 Å². The molecule has 1 heterocycles. The van der Waals surface area contributed by atoms with Gasteiger partial charge in [0.15, 0.2) is 0 Å². The second-order valence-corrected chi connectivity index (χ2v) is 14.5. The number of rotatable bonds is 6. The van der Waals surface area contributed by atoms with E-state index in [-0.39, 0.29) is 0 Å². The first-order valence-electron chi connectivity index (χ1n) is 17.7. The van der Waals surface area contributed by atoms with Crippen molar-refractivity contribution in [3.05, 3.63) is 200 Å². The summed E-state index contributed by atoms with van der Waals surface area (Å²) in [7, 11) is 0. The maximum atomic E-state index is 2.36. The highest BCUT2D eigenvalue weighted by atomic mass is 32.1. The summed E-state index contributed by atoms with van der Waals surface area (Å²) in [4.78, 5) is 2.35. The standard InChI is InChI=1S/C50H33NS/c1-2-8-34(9-3-1)36-16-23-44(24-17-36)51(45-25-18-37(19-26-45)42-15-14-35-10-4-5-11-39(35)30-42)46-27-20-38(21-28-46)43-22-29-49-47(32-43)48-31-40-12-6-7-13-41(40)33-50(48)52-49/h1-33H. The normalized spacial score (nSPS) is 11.5. The summed E-state index contributed by atoms with van der Waals surface area (Å²) in [5.41, 5.74) is 10.6. The van der Waals surface area contributed by atoms with Crippen molar-refractivity contribution >= 4 is 70.1 Å². The first-order valence-corrected chi connectivity index (χ1v) is 18.6. The van der Waals surface area contributed by atoms with E-state index in [1.165, 1.54) is 75.1 Å². The number of hydrogen-bond donors (Lipinski definition) is 0. The van der Waals surface area contributed by atoms with Gasteiger partial charge in [-0.3, -0.25) is 0 Å². The maximum Gasteiger partial charge on any atom is 0.0462 e. The lowest BCUT2D eigenvalue weighted by atomic mass is 10.00. The van der Waals surface area contributed by atoms with Gasteiger partial charge in [0.05, 0.1) is 0 Å². The fourth-order valence-electron chi connectivity index (χ4n) is 7.50. The first kappa shape index (κ1) is 30.4. The van der Waals surface area contributed by atoms with E-state index in [9.17, 15) is 0 Å². The summed E-state index contributed by atoms with van der Waals surface area (Å²) < 4.78 is 2.66. The molecule has 0 amide bonds. The zero-order chi connectivity index (χ0) is 34.4. The third-order valence-electron chi connectivity index (χ3n) is 10.2. The Hall–Kier alpha value is -6.48. The van der Waals surface area contributed by atoms with Gasteiger partial charge in [-0.05, 0) is 122 Å². The Morgan fingerprint density at radius 1 is 0.269 bits per heavy atom. The molecule has 52 heavy (non-hydrogen) atoms. The molecule has 0 radical (unpaired) electrons. The SMILES string of the molecule is c1ccc(-c2ccc(N(c3ccc(-c4ccc5ccccc5c4)cc3)c3ccc(-c4ccc5sc6cc7ccccc7cc6c5c4)cc3)cc2)cc1. The highest BCUT2D eigenvalue weighted by Gasteiger charge is 2.15. The van der Waals surface area contributed by atoms with Gasteiger partial charge in [-0.2, -0.15) is 0 Å². The minimum Gasteiger partial charge on any atom is -0.311 e. The van der Waals surface area contributed by atoms with Crippen molar-refractivity contribution in [2.75, 3.05) is 4.90 Å². The number of fused-ring (bicyclic) bond motifs is 5. The fraction of sp³-hybridized carbons (Fsp3) is 0. The van der Waals surface area contributed by atoms with Crippen LogP contribution in [-0.4, -0.2) is 0 Å². The molecule has 2 heteroatoms. The lowest BCUT2D eigenvalue weighted by molar-refractivity contribution is 1.28. The van der Waals surface area contributed by atoms with Crippen LogP contribution in [0.3, 0.4) is 0 Å². The van der Waals surface area contributed by atoms with Crippen molar-refractivity contribution in [2.45, 2.75) is 0 Å². The number of benzene rings is 9. The second kappa shape index (κ2) is 12.7. The van der Waals surface area contributed by atoms with Crippen molar-refractivity contribution in [1.29, 1.82) is 0 Å². The summed E-state index contributed by atoms with van der Waals surface area (Å²) in [5, 5.41) is 7.73. The van der Waals surface area contributed by atoms with E-state index in [1.54, 1.807) is 0 Å². The van der Waals surface area contributed by atoms with E-state index in [0.29, 0.717) is 0 Å². The Bertz CT molecular complexity index is 2870. The van der Waals surface area contributed by atoms with Crippen molar-refractivity contribution in [3.8, 4) is 33.4 Å². The molecule has 0 saturated heterocycles. The van der Waals surface area contributed by atoms with Gasteiger partial charge in [-0.1, -0.05) is 133 Å². The van der Waals surface area contributed by atoms with Gasteiger partial charge < -0.3 is 4.90 Å². The van der Waals surface area contributed by atoms with Crippen molar-refractivity contribution in [3.63, 3.8) is 0 Å². The van der Waals surface area contributed by atoms with Gasteiger partial charge in [0.1, 0.15) is 0 Å². The van der Waals surface area contributed by atoms with Crippen LogP contribution >= 0.6 is 11.3 Å². The number of nitrogens with zero attached hydrogens (tertiary/aromatic N) is 1. The van der Waals surface area contributed by atoms with Crippen LogP contribution in [-0.2, 0) is 0 Å². The molecule has 0 spiro atoms. The van der Waals surface area contributed by atoms with Crippen LogP contribution < -0.4 is 4.90 Å². The van der Waals surface area contributed by atoms with Gasteiger partial charge in [0, 0.05) is 37.2 Å². The molecular formula is C50H33NS. The molecule has 0 N–H and O–H groups in total. The minimum absolute atomic E-state index is 1.11. The van der Waals surface area contributed by atoms with Gasteiger partial charge >= 0.3 is 0 Å². The maximum absolute atomic E-state index is 2.36. The molecule has 0 unspecified atom stereocenters. The van der Waals surface area contributed by atoms with Crippen molar-refractivity contribution in [1.82, 2.24) is 0 Å². The van der Waals surface area contributed by atoms with E-state index in [1.807, 2.05) is 11.3 Å². The zero-order valence-electron chi connectivity index (χ0n) is 28.4. The highest BCUT2D eigenvalue weighted by Crippen LogP contribution is 2.41. The number of anilines is 3. The first-order chi connectivity index (χ1) is 25.7. The van der Waals surface area contributed by atoms with Crippen molar-refractivity contribution in [2.24, 2.45) is 0 Å².